The molecule has 0 saturated carbocycles. The summed E-state index contributed by atoms with van der Waals surface area (Å²) in [5.74, 6) is 1.97. The first kappa shape index (κ1) is 16.7. The molecule has 0 amide bonds. The molecule has 0 atom stereocenters. The Bertz CT molecular complexity index is 441. The molecule has 0 unspecified atom stereocenters. The molecule has 0 saturated heterocycles. The number of hydrogen-bond donors (Lipinski definition) is 3. The van der Waals surface area contributed by atoms with E-state index < -0.39 is 11.1 Å². The molecule has 0 aliphatic heterocycles. The summed E-state index contributed by atoms with van der Waals surface area (Å²) in [5.41, 5.74) is -1.42. The highest BCUT2D eigenvalue weighted by molar-refractivity contribution is 5.49. The average molecular weight is 282 g/mol. The highest BCUT2D eigenvalue weighted by atomic mass is 16.5. The summed E-state index contributed by atoms with van der Waals surface area (Å²) in [6, 6.07) is 1.81. The van der Waals surface area contributed by atoms with E-state index in [0.29, 0.717) is 30.7 Å². The molecule has 1 aromatic rings. The molecule has 0 aliphatic rings. The van der Waals surface area contributed by atoms with Gasteiger partial charge in [0.15, 0.2) is 5.82 Å². The van der Waals surface area contributed by atoms with Crippen molar-refractivity contribution in [1.29, 1.82) is 0 Å². The molecule has 0 aromatic carbocycles. The molecule has 0 spiro atoms. The zero-order chi connectivity index (χ0) is 15.4. The summed E-state index contributed by atoms with van der Waals surface area (Å²) in [6.45, 7) is 10.3. The maximum absolute atomic E-state index is 10.2. The van der Waals surface area contributed by atoms with Gasteiger partial charge in [0, 0.05) is 19.7 Å². The van der Waals surface area contributed by atoms with Crippen molar-refractivity contribution in [3.63, 3.8) is 0 Å². The molecular formula is C14H26N4O2. The minimum absolute atomic E-state index is 0.365. The van der Waals surface area contributed by atoms with Crippen LogP contribution in [0.25, 0.3) is 0 Å². The summed E-state index contributed by atoms with van der Waals surface area (Å²) in [4.78, 5) is 8.75. The van der Waals surface area contributed by atoms with E-state index in [1.165, 1.54) is 0 Å². The minimum atomic E-state index is -0.891. The second-order valence-electron chi connectivity index (χ2n) is 5.75. The van der Waals surface area contributed by atoms with E-state index in [1.807, 2.05) is 26.8 Å². The lowest BCUT2D eigenvalue weighted by molar-refractivity contribution is 0.0238. The van der Waals surface area contributed by atoms with Crippen LogP contribution < -0.4 is 10.6 Å². The van der Waals surface area contributed by atoms with Crippen LogP contribution >= 0.6 is 0 Å². The molecule has 1 aromatic heterocycles. The fraction of sp³-hybridized carbons (Fsp3) is 0.714. The Labute approximate surface area is 121 Å². The van der Waals surface area contributed by atoms with Crippen LogP contribution in [0, 0.1) is 0 Å². The molecule has 1 heterocycles. The topological polar surface area (TPSA) is 79.3 Å². The summed E-state index contributed by atoms with van der Waals surface area (Å²) in [5, 5.41) is 16.5. The normalized spacial score (nSPS) is 12.3. The fourth-order valence-electron chi connectivity index (χ4n) is 1.42. The Kier molecular flexibility index (Phi) is 5.30. The number of ether oxygens (including phenoxy) is 1. The third-order valence-corrected chi connectivity index (χ3v) is 3.43. The predicted octanol–water partition coefficient (Wildman–Crippen LogP) is 2.02. The average Bonchev–Trinajstić information content (AvgIpc) is 2.34. The SMILES string of the molecule is CCOCc1nc(NC)cc(NC(C)(C)C(C)(C)O)n1. The van der Waals surface area contributed by atoms with Crippen LogP contribution in [0.2, 0.25) is 0 Å². The number of aromatic nitrogens is 2. The van der Waals surface area contributed by atoms with Crippen molar-refractivity contribution in [1.82, 2.24) is 9.97 Å². The number of hydrogen-bond acceptors (Lipinski definition) is 6. The van der Waals surface area contributed by atoms with Gasteiger partial charge in [-0.1, -0.05) is 0 Å². The van der Waals surface area contributed by atoms with Gasteiger partial charge in [0.05, 0.1) is 11.1 Å². The molecule has 3 N–H and O–H groups in total. The van der Waals surface area contributed by atoms with E-state index in [0.717, 1.165) is 0 Å². The van der Waals surface area contributed by atoms with Gasteiger partial charge in [0.2, 0.25) is 0 Å². The van der Waals surface area contributed by atoms with Crippen molar-refractivity contribution in [2.75, 3.05) is 24.3 Å². The van der Waals surface area contributed by atoms with Crippen LogP contribution in [-0.2, 0) is 11.3 Å². The second kappa shape index (κ2) is 6.37. The number of anilines is 2. The number of nitrogens with one attached hydrogen (secondary N) is 2. The van der Waals surface area contributed by atoms with Crippen molar-refractivity contribution in [3.05, 3.63) is 11.9 Å². The molecular weight excluding hydrogens is 256 g/mol. The third kappa shape index (κ3) is 4.31. The summed E-state index contributed by atoms with van der Waals surface area (Å²) in [7, 11) is 1.80. The van der Waals surface area contributed by atoms with Gasteiger partial charge in [0.25, 0.3) is 0 Å². The highest BCUT2D eigenvalue weighted by Gasteiger charge is 2.35. The second-order valence-corrected chi connectivity index (χ2v) is 5.75. The maximum Gasteiger partial charge on any atom is 0.158 e. The van der Waals surface area contributed by atoms with E-state index in [4.69, 9.17) is 4.74 Å². The molecule has 0 radical (unpaired) electrons. The molecule has 0 fully saturated rings. The van der Waals surface area contributed by atoms with E-state index in [-0.39, 0.29) is 0 Å². The third-order valence-electron chi connectivity index (χ3n) is 3.43. The fourth-order valence-corrected chi connectivity index (χ4v) is 1.42. The van der Waals surface area contributed by atoms with E-state index in [9.17, 15) is 5.11 Å². The lowest BCUT2D eigenvalue weighted by Gasteiger charge is -2.38. The van der Waals surface area contributed by atoms with Crippen LogP contribution in [0.5, 0.6) is 0 Å². The molecule has 1 rings (SSSR count). The first-order valence-corrected chi connectivity index (χ1v) is 6.83. The molecule has 114 valence electrons. The first-order chi connectivity index (χ1) is 9.19. The van der Waals surface area contributed by atoms with Crippen LogP contribution in [-0.4, -0.2) is 39.9 Å². The Morgan fingerprint density at radius 1 is 1.20 bits per heavy atom. The first-order valence-electron chi connectivity index (χ1n) is 6.83. The van der Waals surface area contributed by atoms with Gasteiger partial charge in [-0.2, -0.15) is 0 Å². The Balaban J connectivity index is 2.99. The van der Waals surface area contributed by atoms with Crippen molar-refractivity contribution in [2.45, 2.75) is 52.4 Å². The van der Waals surface area contributed by atoms with E-state index in [2.05, 4.69) is 20.6 Å². The van der Waals surface area contributed by atoms with Gasteiger partial charge in [-0.25, -0.2) is 9.97 Å². The van der Waals surface area contributed by atoms with E-state index >= 15 is 0 Å². The standard InChI is InChI=1S/C14H26N4O2/c1-7-20-9-12-16-10(15-6)8-11(17-12)18-13(2,3)14(4,5)19/h8,19H,7,9H2,1-6H3,(H2,15,16,17,18). The number of aliphatic hydroxyl groups is 1. The van der Waals surface area contributed by atoms with Crippen molar-refractivity contribution in [2.24, 2.45) is 0 Å². The Morgan fingerprint density at radius 2 is 1.80 bits per heavy atom. The Hall–Kier alpha value is -1.40. The summed E-state index contributed by atoms with van der Waals surface area (Å²) >= 11 is 0. The predicted molar refractivity (Wildman–Crippen MR) is 80.9 cm³/mol. The molecule has 6 nitrogen and oxygen atoms in total. The molecule has 0 aliphatic carbocycles. The highest BCUT2D eigenvalue weighted by Crippen LogP contribution is 2.26. The minimum Gasteiger partial charge on any atom is -0.388 e. The van der Waals surface area contributed by atoms with Gasteiger partial charge in [-0.05, 0) is 34.6 Å². The lowest BCUT2D eigenvalue weighted by atomic mass is 9.86. The van der Waals surface area contributed by atoms with Crippen molar-refractivity contribution >= 4 is 11.6 Å². The lowest BCUT2D eigenvalue weighted by Crippen LogP contribution is -2.51. The zero-order valence-electron chi connectivity index (χ0n) is 13.2. The van der Waals surface area contributed by atoms with Gasteiger partial charge in [0.1, 0.15) is 18.2 Å². The summed E-state index contributed by atoms with van der Waals surface area (Å²) in [6.07, 6.45) is 0. The zero-order valence-corrected chi connectivity index (χ0v) is 13.2. The van der Waals surface area contributed by atoms with Crippen LogP contribution in [0.4, 0.5) is 11.6 Å². The molecule has 20 heavy (non-hydrogen) atoms. The largest absolute Gasteiger partial charge is 0.388 e. The maximum atomic E-state index is 10.2. The quantitative estimate of drug-likeness (QED) is 0.710. The Morgan fingerprint density at radius 3 is 2.30 bits per heavy atom. The number of nitrogens with zero attached hydrogens (tertiary/aromatic N) is 2. The smallest absolute Gasteiger partial charge is 0.158 e. The van der Waals surface area contributed by atoms with Gasteiger partial charge in [-0.15, -0.1) is 0 Å². The summed E-state index contributed by atoms with van der Waals surface area (Å²) < 4.78 is 5.34. The number of rotatable bonds is 7. The monoisotopic (exact) mass is 282 g/mol. The molecule has 0 bridgehead atoms. The van der Waals surface area contributed by atoms with Gasteiger partial charge < -0.3 is 20.5 Å². The van der Waals surface area contributed by atoms with E-state index in [1.54, 1.807) is 20.9 Å². The van der Waals surface area contributed by atoms with Crippen molar-refractivity contribution < 1.29 is 9.84 Å². The van der Waals surface area contributed by atoms with Crippen LogP contribution in [0.15, 0.2) is 6.07 Å². The van der Waals surface area contributed by atoms with Crippen molar-refractivity contribution in [3.8, 4) is 0 Å². The van der Waals surface area contributed by atoms with Gasteiger partial charge in [-0.3, -0.25) is 0 Å². The van der Waals surface area contributed by atoms with Gasteiger partial charge >= 0.3 is 0 Å². The van der Waals surface area contributed by atoms with Crippen LogP contribution in [0.3, 0.4) is 0 Å². The molecule has 6 heteroatoms. The van der Waals surface area contributed by atoms with Crippen LogP contribution in [0.1, 0.15) is 40.4 Å².